The lowest BCUT2D eigenvalue weighted by molar-refractivity contribution is -0.887. The second-order valence-electron chi connectivity index (χ2n) is 17.0. The third kappa shape index (κ3) is 41.6. The summed E-state index contributed by atoms with van der Waals surface area (Å²) in [6, 6.07) is -0.629. The Balaban J connectivity index is 4.36. The molecule has 0 aliphatic rings. The van der Waals surface area contributed by atoms with E-state index in [0.29, 0.717) is 19.3 Å². The Hall–Kier alpha value is -3.75. The minimum absolute atomic E-state index is 0.0367. The molecule has 0 bridgehead atoms. The van der Waals surface area contributed by atoms with Gasteiger partial charge in [-0.25, -0.2) is 4.79 Å². The van der Waals surface area contributed by atoms with Gasteiger partial charge >= 0.3 is 17.9 Å². The molecule has 62 heavy (non-hydrogen) atoms. The standard InChI is InChI=1S/C54H89NO7/c1-6-8-10-12-14-16-18-20-22-24-25-26-27-29-31-33-35-37-39-41-43-45-53(57)62-50(48-60-47-46-51(54(58)59)55(3,4)5)49-61-52(56)44-42-40-38-36-34-32-30-28-23-21-19-17-15-13-11-9-7-2/h8-11,14-17,20-23,30,32,36,38,50-51H,6-7,12-13,18-19,24-29,31,33-35,37,39-49H2,1-5H3/p+1/b10-8+,11-9+,16-14+,17-15+,22-20+,23-21+,32-30+,38-36+. The molecular formula is C54H90NO7+. The predicted molar refractivity (Wildman–Crippen MR) is 261 cm³/mol. The fourth-order valence-electron chi connectivity index (χ4n) is 6.55. The summed E-state index contributed by atoms with van der Waals surface area (Å²) in [5.74, 6) is -1.55. The zero-order chi connectivity index (χ0) is 45.6. The summed E-state index contributed by atoms with van der Waals surface area (Å²) in [5.41, 5.74) is 0. The Morgan fingerprint density at radius 1 is 0.484 bits per heavy atom. The fraction of sp³-hybridized carbons (Fsp3) is 0.648. The number of carbonyl (C=O) groups excluding carboxylic acids is 2. The highest BCUT2D eigenvalue weighted by atomic mass is 16.6. The van der Waals surface area contributed by atoms with Gasteiger partial charge in [0.2, 0.25) is 0 Å². The Labute approximate surface area is 379 Å². The van der Waals surface area contributed by atoms with Crippen LogP contribution in [0.3, 0.4) is 0 Å². The van der Waals surface area contributed by atoms with Crippen LogP contribution < -0.4 is 0 Å². The van der Waals surface area contributed by atoms with Gasteiger partial charge in [-0.2, -0.15) is 0 Å². The van der Waals surface area contributed by atoms with Crippen molar-refractivity contribution in [3.63, 3.8) is 0 Å². The number of unbranched alkanes of at least 4 members (excludes halogenated alkanes) is 12. The van der Waals surface area contributed by atoms with Gasteiger partial charge in [0.25, 0.3) is 0 Å². The molecule has 0 aliphatic carbocycles. The van der Waals surface area contributed by atoms with Crippen molar-refractivity contribution in [1.82, 2.24) is 0 Å². The number of carbonyl (C=O) groups is 3. The number of hydrogen-bond acceptors (Lipinski definition) is 6. The first-order valence-corrected chi connectivity index (χ1v) is 24.3. The molecule has 0 saturated heterocycles. The van der Waals surface area contributed by atoms with Gasteiger partial charge in [0, 0.05) is 19.3 Å². The summed E-state index contributed by atoms with van der Waals surface area (Å²) in [7, 11) is 5.51. The van der Waals surface area contributed by atoms with Crippen LogP contribution in [0.25, 0.3) is 0 Å². The molecule has 352 valence electrons. The van der Waals surface area contributed by atoms with Gasteiger partial charge in [0.15, 0.2) is 12.1 Å². The van der Waals surface area contributed by atoms with Crippen molar-refractivity contribution in [3.8, 4) is 0 Å². The van der Waals surface area contributed by atoms with E-state index in [1.165, 1.54) is 57.8 Å². The molecule has 0 aliphatic heterocycles. The van der Waals surface area contributed by atoms with E-state index in [2.05, 4.69) is 111 Å². The number of nitrogens with zero attached hydrogens (tertiary/aromatic N) is 1. The summed E-state index contributed by atoms with van der Waals surface area (Å²) in [6.07, 6.45) is 58.9. The first-order valence-electron chi connectivity index (χ1n) is 24.3. The SMILES string of the molecule is CC/C=C/C/C=C/C/C=C/C/C=C/C/C=C/CCCC(=O)OCC(COCCC(C(=O)O)[N+](C)(C)C)OC(=O)CCCCCCCCCCCCC/C=C/C/C=C/C/C=C/CC. The predicted octanol–water partition coefficient (Wildman–Crippen LogP) is 13.9. The normalized spacial score (nSPS) is 13.8. The summed E-state index contributed by atoms with van der Waals surface area (Å²) in [4.78, 5) is 37.1. The fourth-order valence-corrected chi connectivity index (χ4v) is 6.55. The number of allylic oxidation sites excluding steroid dienone is 16. The van der Waals surface area contributed by atoms with Gasteiger partial charge in [-0.3, -0.25) is 9.59 Å². The number of aliphatic carboxylic acids is 1. The monoisotopic (exact) mass is 865 g/mol. The van der Waals surface area contributed by atoms with Crippen LogP contribution in [0.5, 0.6) is 0 Å². The van der Waals surface area contributed by atoms with Crippen LogP contribution in [0.1, 0.15) is 174 Å². The minimum Gasteiger partial charge on any atom is -0.477 e. The minimum atomic E-state index is -0.886. The lowest BCUT2D eigenvalue weighted by atomic mass is 10.0. The van der Waals surface area contributed by atoms with Gasteiger partial charge in [-0.05, 0) is 83.5 Å². The molecular weight excluding hydrogens is 775 g/mol. The smallest absolute Gasteiger partial charge is 0.362 e. The summed E-state index contributed by atoms with van der Waals surface area (Å²) < 4.78 is 17.3. The number of hydrogen-bond donors (Lipinski definition) is 1. The lowest BCUT2D eigenvalue weighted by Gasteiger charge is -2.31. The number of rotatable bonds is 42. The third-order valence-electron chi connectivity index (χ3n) is 10.2. The number of esters is 2. The highest BCUT2D eigenvalue weighted by Crippen LogP contribution is 2.14. The maximum atomic E-state index is 12.8. The van der Waals surface area contributed by atoms with Crippen molar-refractivity contribution in [2.24, 2.45) is 0 Å². The zero-order valence-corrected chi connectivity index (χ0v) is 40.0. The van der Waals surface area contributed by atoms with Gasteiger partial charge < -0.3 is 23.8 Å². The van der Waals surface area contributed by atoms with Crippen molar-refractivity contribution in [2.45, 2.75) is 187 Å². The largest absolute Gasteiger partial charge is 0.477 e. The molecule has 0 fully saturated rings. The van der Waals surface area contributed by atoms with Crippen molar-refractivity contribution in [1.29, 1.82) is 0 Å². The van der Waals surface area contributed by atoms with Gasteiger partial charge in [0.1, 0.15) is 6.61 Å². The summed E-state index contributed by atoms with van der Waals surface area (Å²) >= 11 is 0. The molecule has 0 spiro atoms. The first-order chi connectivity index (χ1) is 30.1. The molecule has 0 aromatic carbocycles. The third-order valence-corrected chi connectivity index (χ3v) is 10.2. The van der Waals surface area contributed by atoms with E-state index < -0.39 is 18.1 Å². The maximum absolute atomic E-state index is 12.8. The highest BCUT2D eigenvalue weighted by molar-refractivity contribution is 5.72. The van der Waals surface area contributed by atoms with Crippen molar-refractivity contribution >= 4 is 17.9 Å². The van der Waals surface area contributed by atoms with Crippen LogP contribution in [0.4, 0.5) is 0 Å². The average molecular weight is 865 g/mol. The Morgan fingerprint density at radius 2 is 0.871 bits per heavy atom. The lowest BCUT2D eigenvalue weighted by Crippen LogP contribution is -2.50. The first kappa shape index (κ1) is 58.2. The van der Waals surface area contributed by atoms with Crippen molar-refractivity contribution in [2.75, 3.05) is 41.0 Å². The van der Waals surface area contributed by atoms with E-state index in [1.807, 2.05) is 21.1 Å². The van der Waals surface area contributed by atoms with Gasteiger partial charge in [-0.1, -0.05) is 169 Å². The summed E-state index contributed by atoms with van der Waals surface area (Å²) in [6.45, 7) is 4.44. The van der Waals surface area contributed by atoms with E-state index in [4.69, 9.17) is 14.2 Å². The van der Waals surface area contributed by atoms with Crippen molar-refractivity contribution in [3.05, 3.63) is 97.2 Å². The van der Waals surface area contributed by atoms with Crippen LogP contribution in [-0.4, -0.2) is 80.6 Å². The Bertz CT molecular complexity index is 1330. The molecule has 0 aromatic heterocycles. The zero-order valence-electron chi connectivity index (χ0n) is 40.0. The average Bonchev–Trinajstić information content (AvgIpc) is 3.23. The Morgan fingerprint density at radius 3 is 1.31 bits per heavy atom. The molecule has 1 N–H and O–H groups in total. The highest BCUT2D eigenvalue weighted by Gasteiger charge is 2.31. The topological polar surface area (TPSA) is 99.1 Å². The Kier molecular flexibility index (Phi) is 41.2. The number of carboxylic acids is 1. The molecule has 8 heteroatoms. The maximum Gasteiger partial charge on any atom is 0.362 e. The molecule has 0 heterocycles. The number of carboxylic acid groups (broad SMARTS) is 1. The molecule has 0 saturated carbocycles. The van der Waals surface area contributed by atoms with E-state index in [0.717, 1.165) is 77.0 Å². The van der Waals surface area contributed by atoms with Crippen LogP contribution in [-0.2, 0) is 28.6 Å². The van der Waals surface area contributed by atoms with Crippen LogP contribution in [0.15, 0.2) is 97.2 Å². The second kappa shape index (κ2) is 43.9. The van der Waals surface area contributed by atoms with Crippen molar-refractivity contribution < 1.29 is 38.2 Å². The van der Waals surface area contributed by atoms with Gasteiger partial charge in [0.05, 0.1) is 34.4 Å². The van der Waals surface area contributed by atoms with E-state index in [9.17, 15) is 19.5 Å². The van der Waals surface area contributed by atoms with Crippen LogP contribution in [0, 0.1) is 0 Å². The second-order valence-corrected chi connectivity index (χ2v) is 17.0. The molecule has 0 aromatic rings. The molecule has 2 atom stereocenters. The molecule has 8 nitrogen and oxygen atoms in total. The van der Waals surface area contributed by atoms with E-state index >= 15 is 0 Å². The quantitative estimate of drug-likeness (QED) is 0.0282. The number of ether oxygens (including phenoxy) is 3. The van der Waals surface area contributed by atoms with E-state index in [1.54, 1.807) is 0 Å². The van der Waals surface area contributed by atoms with Crippen LogP contribution in [0.2, 0.25) is 0 Å². The number of likely N-dealkylation sites (N-methyl/N-ethyl adjacent to an activating group) is 1. The molecule has 0 amide bonds. The molecule has 2 unspecified atom stereocenters. The molecule has 0 rings (SSSR count). The van der Waals surface area contributed by atoms with Gasteiger partial charge in [-0.15, -0.1) is 0 Å². The molecule has 0 radical (unpaired) electrons. The van der Waals surface area contributed by atoms with E-state index in [-0.39, 0.29) is 42.7 Å². The summed E-state index contributed by atoms with van der Waals surface area (Å²) in [5, 5.41) is 9.64. The number of quaternary nitrogens is 1. The van der Waals surface area contributed by atoms with Crippen LogP contribution >= 0.6 is 0 Å².